The number of hydrogen-bond donors (Lipinski definition) is 1. The highest BCUT2D eigenvalue weighted by Gasteiger charge is 2.24. The summed E-state index contributed by atoms with van der Waals surface area (Å²) in [5, 5.41) is 3.01. The SMILES string of the molecule is CC(C)(C)CC(=O)NCc1ccc(OC2CCN(CC(c3ccccc3)c3ccccc3)CC2)cc1. The van der Waals surface area contributed by atoms with E-state index in [0.717, 1.165) is 43.8 Å². The van der Waals surface area contributed by atoms with E-state index in [4.69, 9.17) is 4.74 Å². The van der Waals surface area contributed by atoms with Crippen LogP contribution in [0.4, 0.5) is 0 Å². The first-order valence-electron chi connectivity index (χ1n) is 13.2. The summed E-state index contributed by atoms with van der Waals surface area (Å²) in [6.45, 7) is 9.89. The van der Waals surface area contributed by atoms with Gasteiger partial charge in [-0.15, -0.1) is 0 Å². The highest BCUT2D eigenvalue weighted by Crippen LogP contribution is 2.28. The van der Waals surface area contributed by atoms with Crippen LogP contribution in [0.1, 0.15) is 62.6 Å². The van der Waals surface area contributed by atoms with Gasteiger partial charge in [-0.25, -0.2) is 0 Å². The Morgan fingerprint density at radius 1 is 0.889 bits per heavy atom. The van der Waals surface area contributed by atoms with Gasteiger partial charge in [-0.3, -0.25) is 4.79 Å². The van der Waals surface area contributed by atoms with Gasteiger partial charge in [-0.05, 0) is 47.1 Å². The van der Waals surface area contributed by atoms with E-state index in [1.54, 1.807) is 0 Å². The Balaban J connectivity index is 1.26. The third kappa shape index (κ3) is 7.96. The van der Waals surface area contributed by atoms with Crippen LogP contribution in [0.3, 0.4) is 0 Å². The van der Waals surface area contributed by atoms with Gasteiger partial charge in [0, 0.05) is 38.5 Å². The summed E-state index contributed by atoms with van der Waals surface area (Å²) in [5.41, 5.74) is 3.84. The number of ether oxygens (including phenoxy) is 1. The Bertz CT molecular complexity index is 1030. The highest BCUT2D eigenvalue weighted by atomic mass is 16.5. The first-order chi connectivity index (χ1) is 17.4. The van der Waals surface area contributed by atoms with Crippen LogP contribution < -0.4 is 10.1 Å². The molecule has 0 aliphatic carbocycles. The smallest absolute Gasteiger partial charge is 0.220 e. The maximum Gasteiger partial charge on any atom is 0.220 e. The van der Waals surface area contributed by atoms with Crippen molar-refractivity contribution in [2.75, 3.05) is 19.6 Å². The third-order valence-electron chi connectivity index (χ3n) is 6.79. The van der Waals surface area contributed by atoms with Crippen LogP contribution in [0.25, 0.3) is 0 Å². The summed E-state index contributed by atoms with van der Waals surface area (Å²) in [7, 11) is 0. The number of carbonyl (C=O) groups excluding carboxylic acids is 1. The summed E-state index contributed by atoms with van der Waals surface area (Å²) in [5.74, 6) is 1.38. The fourth-order valence-corrected chi connectivity index (χ4v) is 4.86. The molecule has 1 amide bonds. The maximum atomic E-state index is 12.1. The van der Waals surface area contributed by atoms with E-state index in [0.29, 0.717) is 18.9 Å². The normalized spacial score (nSPS) is 15.1. The van der Waals surface area contributed by atoms with Crippen molar-refractivity contribution in [3.8, 4) is 5.75 Å². The number of hydrogen-bond acceptors (Lipinski definition) is 3. The van der Waals surface area contributed by atoms with Gasteiger partial charge in [-0.1, -0.05) is 93.6 Å². The minimum absolute atomic E-state index is 0.00135. The number of nitrogens with one attached hydrogen (secondary N) is 1. The fraction of sp³-hybridized carbons (Fsp3) is 0.406. The fourth-order valence-electron chi connectivity index (χ4n) is 4.86. The lowest BCUT2D eigenvalue weighted by Gasteiger charge is -2.34. The zero-order valence-corrected chi connectivity index (χ0v) is 22.0. The van der Waals surface area contributed by atoms with Gasteiger partial charge in [0.1, 0.15) is 11.9 Å². The molecule has 1 heterocycles. The lowest BCUT2D eigenvalue weighted by atomic mass is 9.90. The summed E-state index contributed by atoms with van der Waals surface area (Å²) in [6, 6.07) is 29.8. The first kappa shape index (κ1) is 26.0. The monoisotopic (exact) mass is 484 g/mol. The molecule has 1 aliphatic heterocycles. The quantitative estimate of drug-likeness (QED) is 0.381. The van der Waals surface area contributed by atoms with Gasteiger partial charge in [0.25, 0.3) is 0 Å². The molecule has 0 unspecified atom stereocenters. The van der Waals surface area contributed by atoms with Crippen molar-refractivity contribution < 1.29 is 9.53 Å². The summed E-state index contributed by atoms with van der Waals surface area (Å²) in [6.07, 6.45) is 2.83. The molecule has 0 atom stereocenters. The van der Waals surface area contributed by atoms with Gasteiger partial charge >= 0.3 is 0 Å². The van der Waals surface area contributed by atoms with Crippen LogP contribution in [0.2, 0.25) is 0 Å². The molecular weight excluding hydrogens is 444 g/mol. The van der Waals surface area contributed by atoms with Crippen molar-refractivity contribution in [2.24, 2.45) is 5.41 Å². The average Bonchev–Trinajstić information content (AvgIpc) is 2.88. The molecule has 1 fully saturated rings. The first-order valence-corrected chi connectivity index (χ1v) is 13.2. The van der Waals surface area contributed by atoms with Gasteiger partial charge in [0.15, 0.2) is 0 Å². The van der Waals surface area contributed by atoms with E-state index >= 15 is 0 Å². The lowest BCUT2D eigenvalue weighted by Crippen LogP contribution is -2.40. The van der Waals surface area contributed by atoms with Gasteiger partial charge < -0.3 is 15.0 Å². The molecule has 190 valence electrons. The molecule has 3 aromatic rings. The van der Waals surface area contributed by atoms with Crippen molar-refractivity contribution >= 4 is 5.91 Å². The van der Waals surface area contributed by atoms with Crippen LogP contribution in [0.15, 0.2) is 84.9 Å². The van der Waals surface area contributed by atoms with E-state index in [-0.39, 0.29) is 17.4 Å². The molecule has 1 aliphatic rings. The van der Waals surface area contributed by atoms with E-state index < -0.39 is 0 Å². The number of likely N-dealkylation sites (tertiary alicyclic amines) is 1. The second kappa shape index (κ2) is 12.2. The predicted molar refractivity (Wildman–Crippen MR) is 147 cm³/mol. The molecule has 4 nitrogen and oxygen atoms in total. The van der Waals surface area contributed by atoms with Crippen LogP contribution in [0, 0.1) is 5.41 Å². The molecule has 0 saturated carbocycles. The molecule has 0 bridgehead atoms. The standard InChI is InChI=1S/C32H40N2O2/c1-32(2,3)22-31(35)33-23-25-14-16-28(17-15-25)36-29-18-20-34(21-19-29)24-30(26-10-6-4-7-11-26)27-12-8-5-9-13-27/h4-17,29-30H,18-24H2,1-3H3,(H,33,35). The summed E-state index contributed by atoms with van der Waals surface area (Å²) < 4.78 is 6.31. The highest BCUT2D eigenvalue weighted by molar-refractivity contribution is 5.76. The molecular formula is C32H40N2O2. The molecule has 1 saturated heterocycles. The molecule has 1 N–H and O–H groups in total. The largest absolute Gasteiger partial charge is 0.490 e. The minimum atomic E-state index is 0.00135. The zero-order chi connectivity index (χ0) is 25.4. The van der Waals surface area contributed by atoms with Crippen molar-refractivity contribution in [3.05, 3.63) is 102 Å². The maximum absolute atomic E-state index is 12.1. The molecule has 36 heavy (non-hydrogen) atoms. The van der Waals surface area contributed by atoms with E-state index in [2.05, 4.69) is 91.7 Å². The molecule has 0 spiro atoms. The third-order valence-corrected chi connectivity index (χ3v) is 6.79. The molecule has 0 aromatic heterocycles. The number of carbonyl (C=O) groups is 1. The Labute approximate surface area is 216 Å². The van der Waals surface area contributed by atoms with Crippen molar-refractivity contribution in [1.82, 2.24) is 10.2 Å². The predicted octanol–water partition coefficient (Wildman–Crippen LogP) is 6.41. The van der Waals surface area contributed by atoms with Crippen molar-refractivity contribution in [1.29, 1.82) is 0 Å². The Hall–Kier alpha value is -3.11. The summed E-state index contributed by atoms with van der Waals surface area (Å²) in [4.78, 5) is 14.7. The molecule has 4 heteroatoms. The van der Waals surface area contributed by atoms with Gasteiger partial charge in [-0.2, -0.15) is 0 Å². The van der Waals surface area contributed by atoms with E-state index in [1.165, 1.54) is 11.1 Å². The molecule has 0 radical (unpaired) electrons. The Morgan fingerprint density at radius 3 is 1.97 bits per heavy atom. The van der Waals surface area contributed by atoms with Crippen LogP contribution >= 0.6 is 0 Å². The van der Waals surface area contributed by atoms with Crippen molar-refractivity contribution in [3.63, 3.8) is 0 Å². The van der Waals surface area contributed by atoms with Gasteiger partial charge in [0.05, 0.1) is 0 Å². The number of nitrogens with zero attached hydrogens (tertiary/aromatic N) is 1. The summed E-state index contributed by atoms with van der Waals surface area (Å²) >= 11 is 0. The number of benzene rings is 3. The number of amides is 1. The van der Waals surface area contributed by atoms with E-state index in [1.807, 2.05) is 24.3 Å². The Kier molecular flexibility index (Phi) is 8.82. The number of piperidine rings is 1. The molecule has 4 rings (SSSR count). The zero-order valence-electron chi connectivity index (χ0n) is 22.0. The average molecular weight is 485 g/mol. The second-order valence-corrected chi connectivity index (χ2v) is 11.1. The molecule has 3 aromatic carbocycles. The number of rotatable bonds is 9. The second-order valence-electron chi connectivity index (χ2n) is 11.1. The van der Waals surface area contributed by atoms with Crippen LogP contribution in [-0.4, -0.2) is 36.5 Å². The van der Waals surface area contributed by atoms with Crippen molar-refractivity contribution in [2.45, 2.75) is 58.6 Å². The Morgan fingerprint density at radius 2 is 1.44 bits per heavy atom. The van der Waals surface area contributed by atoms with Crippen LogP contribution in [-0.2, 0) is 11.3 Å². The minimum Gasteiger partial charge on any atom is -0.490 e. The lowest BCUT2D eigenvalue weighted by molar-refractivity contribution is -0.122. The van der Waals surface area contributed by atoms with E-state index in [9.17, 15) is 4.79 Å². The van der Waals surface area contributed by atoms with Crippen LogP contribution in [0.5, 0.6) is 5.75 Å². The van der Waals surface area contributed by atoms with Gasteiger partial charge in [0.2, 0.25) is 5.91 Å². The topological polar surface area (TPSA) is 41.6 Å².